The number of alkyl halides is 2. The summed E-state index contributed by atoms with van der Waals surface area (Å²) in [7, 11) is 0. The van der Waals surface area contributed by atoms with Gasteiger partial charge in [-0.2, -0.15) is 13.9 Å². The Hall–Kier alpha value is -2.22. The van der Waals surface area contributed by atoms with Crippen molar-refractivity contribution in [3.05, 3.63) is 52.3 Å². The molecule has 0 spiro atoms. The van der Waals surface area contributed by atoms with Crippen LogP contribution < -0.4 is 10.2 Å². The number of benzene rings is 1. The second kappa shape index (κ2) is 7.17. The van der Waals surface area contributed by atoms with E-state index in [1.807, 2.05) is 0 Å². The molecule has 0 aliphatic rings. The summed E-state index contributed by atoms with van der Waals surface area (Å²) in [4.78, 5) is 14.6. The van der Waals surface area contributed by atoms with Crippen LogP contribution in [0.25, 0.3) is 0 Å². The normalized spacial score (nSPS) is 11.6. The zero-order chi connectivity index (χ0) is 16.1. The quantitative estimate of drug-likeness (QED) is 0.623. The first-order valence-corrected chi connectivity index (χ1v) is 6.99. The molecule has 8 heteroatoms. The van der Waals surface area contributed by atoms with Crippen molar-refractivity contribution in [3.63, 3.8) is 0 Å². The molecule has 1 aromatic heterocycles. The Morgan fingerprint density at radius 3 is 2.59 bits per heavy atom. The minimum Gasteiger partial charge on any atom is -0.435 e. The Kier molecular flexibility index (Phi) is 5.26. The lowest BCUT2D eigenvalue weighted by atomic mass is 10.1. The van der Waals surface area contributed by atoms with E-state index in [9.17, 15) is 13.6 Å². The molecule has 2 N–H and O–H groups in total. The van der Waals surface area contributed by atoms with Crippen LogP contribution in [0, 0.1) is 0 Å². The molecule has 0 saturated heterocycles. The van der Waals surface area contributed by atoms with Gasteiger partial charge in [0.25, 0.3) is 5.91 Å². The molecule has 1 amide bonds. The van der Waals surface area contributed by atoms with Crippen molar-refractivity contribution in [1.82, 2.24) is 10.4 Å². The highest BCUT2D eigenvalue weighted by Crippen LogP contribution is 2.15. The molecule has 0 fully saturated rings. The number of rotatable bonds is 5. The average Bonchev–Trinajstić information content (AvgIpc) is 2.91. The summed E-state index contributed by atoms with van der Waals surface area (Å²) in [6.45, 7) is -1.17. The molecule has 0 aliphatic carbocycles. The number of aromatic nitrogens is 1. The van der Waals surface area contributed by atoms with Crippen LogP contribution in [-0.2, 0) is 0 Å². The maximum absolute atomic E-state index is 12.1. The molecule has 1 heterocycles. The standard InChI is InChI=1S/C14H12BrF2N3O2/c1-8(9-2-4-11(5-3-9)22-14(16)17)19-20-13(21)12-6-10(15)7-18-12/h2-7,14,18H,1H3,(H,20,21)/b19-8-. The lowest BCUT2D eigenvalue weighted by molar-refractivity contribution is -0.0498. The monoisotopic (exact) mass is 371 g/mol. The summed E-state index contributed by atoms with van der Waals surface area (Å²) in [6, 6.07) is 7.59. The maximum Gasteiger partial charge on any atom is 0.387 e. The Morgan fingerprint density at radius 1 is 1.36 bits per heavy atom. The van der Waals surface area contributed by atoms with E-state index in [1.165, 1.54) is 12.1 Å². The number of aromatic amines is 1. The van der Waals surface area contributed by atoms with Crippen molar-refractivity contribution in [2.75, 3.05) is 0 Å². The smallest absolute Gasteiger partial charge is 0.387 e. The van der Waals surface area contributed by atoms with E-state index in [0.717, 1.165) is 4.47 Å². The van der Waals surface area contributed by atoms with Gasteiger partial charge >= 0.3 is 6.61 Å². The zero-order valence-electron chi connectivity index (χ0n) is 11.4. The van der Waals surface area contributed by atoms with Crippen LogP contribution in [0.3, 0.4) is 0 Å². The highest BCUT2D eigenvalue weighted by atomic mass is 79.9. The van der Waals surface area contributed by atoms with Gasteiger partial charge in [0.05, 0.1) is 5.71 Å². The first-order valence-electron chi connectivity index (χ1n) is 6.19. The fourth-order valence-electron chi connectivity index (χ4n) is 1.64. The van der Waals surface area contributed by atoms with Crippen molar-refractivity contribution < 1.29 is 18.3 Å². The summed E-state index contributed by atoms with van der Waals surface area (Å²) in [5.74, 6) is -0.325. The van der Waals surface area contributed by atoms with E-state index in [4.69, 9.17) is 0 Å². The van der Waals surface area contributed by atoms with Crippen molar-refractivity contribution in [3.8, 4) is 5.75 Å². The molecule has 1 aromatic carbocycles. The van der Waals surface area contributed by atoms with Crippen LogP contribution in [0.5, 0.6) is 5.75 Å². The fourth-order valence-corrected chi connectivity index (χ4v) is 1.98. The van der Waals surface area contributed by atoms with Crippen LogP contribution in [0.15, 0.2) is 46.1 Å². The summed E-state index contributed by atoms with van der Waals surface area (Å²) in [5, 5.41) is 3.96. The van der Waals surface area contributed by atoms with Gasteiger partial charge in [0, 0.05) is 10.7 Å². The molecule has 2 rings (SSSR count). The zero-order valence-corrected chi connectivity index (χ0v) is 13.0. The summed E-state index contributed by atoms with van der Waals surface area (Å²) >= 11 is 3.23. The summed E-state index contributed by atoms with van der Waals surface area (Å²) in [6.07, 6.45) is 1.63. The van der Waals surface area contributed by atoms with Gasteiger partial charge in [0.15, 0.2) is 0 Å². The number of carbonyl (C=O) groups is 1. The van der Waals surface area contributed by atoms with E-state index < -0.39 is 6.61 Å². The Morgan fingerprint density at radius 2 is 2.05 bits per heavy atom. The van der Waals surface area contributed by atoms with Crippen molar-refractivity contribution in [1.29, 1.82) is 0 Å². The molecule has 0 aliphatic heterocycles. The highest BCUT2D eigenvalue weighted by Gasteiger charge is 2.08. The predicted molar refractivity (Wildman–Crippen MR) is 81.2 cm³/mol. The van der Waals surface area contributed by atoms with Gasteiger partial charge in [-0.1, -0.05) is 0 Å². The molecule has 116 valence electrons. The molecule has 2 aromatic rings. The van der Waals surface area contributed by atoms with Gasteiger partial charge in [-0.15, -0.1) is 0 Å². The maximum atomic E-state index is 12.1. The van der Waals surface area contributed by atoms with Crippen molar-refractivity contribution in [2.45, 2.75) is 13.5 Å². The number of halogens is 3. The molecule has 0 atom stereocenters. The van der Waals surface area contributed by atoms with E-state index in [2.05, 4.69) is 36.2 Å². The predicted octanol–water partition coefficient (Wildman–Crippen LogP) is 3.53. The number of nitrogens with one attached hydrogen (secondary N) is 2. The number of hydrogen-bond donors (Lipinski definition) is 2. The Labute approximate surface area is 133 Å². The average molecular weight is 372 g/mol. The third-order valence-electron chi connectivity index (χ3n) is 2.71. The number of hydrogen-bond acceptors (Lipinski definition) is 3. The number of nitrogens with zero attached hydrogens (tertiary/aromatic N) is 1. The molecule has 22 heavy (non-hydrogen) atoms. The molecule has 0 radical (unpaired) electrons. The minimum atomic E-state index is -2.86. The van der Waals surface area contributed by atoms with Gasteiger partial charge in [-0.25, -0.2) is 5.43 Å². The van der Waals surface area contributed by atoms with E-state index in [-0.39, 0.29) is 11.7 Å². The molecule has 5 nitrogen and oxygen atoms in total. The lowest BCUT2D eigenvalue weighted by Crippen LogP contribution is -2.19. The fraction of sp³-hybridized carbons (Fsp3) is 0.143. The third kappa shape index (κ3) is 4.39. The van der Waals surface area contributed by atoms with Crippen molar-refractivity contribution >= 4 is 27.5 Å². The Balaban J connectivity index is 2.01. The van der Waals surface area contributed by atoms with Gasteiger partial charge in [-0.05, 0) is 58.7 Å². The van der Waals surface area contributed by atoms with Crippen molar-refractivity contribution in [2.24, 2.45) is 5.10 Å². The number of H-pyrrole nitrogens is 1. The SMILES string of the molecule is C/C(=N/NC(=O)c1cc(Br)c[nH]1)c1ccc(OC(F)F)cc1. The van der Waals surface area contributed by atoms with Gasteiger partial charge in [0.2, 0.25) is 0 Å². The Bertz CT molecular complexity index is 684. The highest BCUT2D eigenvalue weighted by molar-refractivity contribution is 9.10. The minimum absolute atomic E-state index is 0.0619. The van der Waals surface area contributed by atoms with Gasteiger partial charge in [0.1, 0.15) is 11.4 Å². The third-order valence-corrected chi connectivity index (χ3v) is 3.17. The van der Waals surface area contributed by atoms with E-state index in [0.29, 0.717) is 17.0 Å². The first-order chi connectivity index (χ1) is 10.5. The molecule has 0 bridgehead atoms. The van der Waals surface area contributed by atoms with Crippen LogP contribution in [0.2, 0.25) is 0 Å². The molecule has 0 unspecified atom stereocenters. The number of amides is 1. The second-order valence-corrected chi connectivity index (χ2v) is 5.19. The molecule has 0 saturated carbocycles. The molecular formula is C14H12BrF2N3O2. The number of ether oxygens (including phenoxy) is 1. The summed E-state index contributed by atoms with van der Waals surface area (Å²) in [5.41, 5.74) is 3.97. The lowest BCUT2D eigenvalue weighted by Gasteiger charge is -2.06. The second-order valence-electron chi connectivity index (χ2n) is 4.27. The van der Waals surface area contributed by atoms with E-state index in [1.54, 1.807) is 31.3 Å². The van der Waals surface area contributed by atoms with Crippen LogP contribution in [0.4, 0.5) is 8.78 Å². The van der Waals surface area contributed by atoms with Crippen LogP contribution >= 0.6 is 15.9 Å². The largest absolute Gasteiger partial charge is 0.435 e. The summed E-state index contributed by atoms with van der Waals surface area (Å²) < 4.78 is 29.1. The van der Waals surface area contributed by atoms with E-state index >= 15 is 0 Å². The topological polar surface area (TPSA) is 66.5 Å². The van der Waals surface area contributed by atoms with Crippen LogP contribution in [0.1, 0.15) is 23.0 Å². The van der Waals surface area contributed by atoms with Gasteiger partial charge in [-0.3, -0.25) is 4.79 Å². The number of hydrazone groups is 1. The van der Waals surface area contributed by atoms with Crippen LogP contribution in [-0.4, -0.2) is 23.2 Å². The number of carbonyl (C=O) groups excluding carboxylic acids is 1. The first kappa shape index (κ1) is 16.2. The molecular weight excluding hydrogens is 360 g/mol. The van der Waals surface area contributed by atoms with Gasteiger partial charge < -0.3 is 9.72 Å².